The van der Waals surface area contributed by atoms with E-state index >= 15 is 0 Å². The number of nitrogens with two attached hydrogens (primary N) is 2. The summed E-state index contributed by atoms with van der Waals surface area (Å²) in [4.78, 5) is 26.8. The predicted octanol–water partition coefficient (Wildman–Crippen LogP) is 0.888. The lowest BCUT2D eigenvalue weighted by Crippen LogP contribution is -2.39. The minimum Gasteiger partial charge on any atom is -0.399 e. The van der Waals surface area contributed by atoms with Gasteiger partial charge in [-0.15, -0.1) is 0 Å². The number of urea groups is 1. The Balaban J connectivity index is 2.33. The molecule has 0 aliphatic heterocycles. The number of imidazole rings is 1. The molecule has 1 heterocycles. The van der Waals surface area contributed by atoms with Crippen molar-refractivity contribution >= 4 is 17.6 Å². The molecule has 0 aliphatic carbocycles. The molecule has 0 spiro atoms. The fourth-order valence-electron chi connectivity index (χ4n) is 1.88. The molecule has 104 valence electrons. The van der Waals surface area contributed by atoms with Gasteiger partial charge in [-0.05, 0) is 19.1 Å². The van der Waals surface area contributed by atoms with Crippen molar-refractivity contribution in [2.75, 3.05) is 5.73 Å². The molecule has 0 saturated carbocycles. The summed E-state index contributed by atoms with van der Waals surface area (Å²) in [6.45, 7) is 1.65. The predicted molar refractivity (Wildman–Crippen MR) is 74.5 cm³/mol. The van der Waals surface area contributed by atoms with E-state index in [2.05, 4.69) is 4.98 Å². The van der Waals surface area contributed by atoms with Crippen molar-refractivity contribution in [3.05, 3.63) is 36.7 Å². The van der Waals surface area contributed by atoms with Gasteiger partial charge in [-0.1, -0.05) is 12.1 Å². The molecule has 1 aromatic heterocycles. The highest BCUT2D eigenvalue weighted by Gasteiger charge is 2.19. The second kappa shape index (κ2) is 5.43. The van der Waals surface area contributed by atoms with E-state index < -0.39 is 18.0 Å². The van der Waals surface area contributed by atoms with Crippen LogP contribution >= 0.6 is 0 Å². The van der Waals surface area contributed by atoms with Crippen LogP contribution in [-0.2, 0) is 4.79 Å². The maximum absolute atomic E-state index is 11.8. The Kier molecular flexibility index (Phi) is 3.69. The zero-order chi connectivity index (χ0) is 14.7. The molecule has 1 aromatic carbocycles. The summed E-state index contributed by atoms with van der Waals surface area (Å²) in [6, 6.07) is 5.66. The number of amides is 3. The topological polar surface area (TPSA) is 116 Å². The molecule has 2 rings (SSSR count). The molecule has 1 unspecified atom stereocenters. The summed E-state index contributed by atoms with van der Waals surface area (Å²) >= 11 is 0. The first kappa shape index (κ1) is 13.6. The number of primary amides is 1. The van der Waals surface area contributed by atoms with E-state index in [4.69, 9.17) is 11.5 Å². The van der Waals surface area contributed by atoms with Crippen molar-refractivity contribution < 1.29 is 9.59 Å². The van der Waals surface area contributed by atoms with Gasteiger partial charge in [0.25, 0.3) is 5.91 Å². The van der Waals surface area contributed by atoms with Gasteiger partial charge in [-0.3, -0.25) is 10.1 Å². The van der Waals surface area contributed by atoms with E-state index in [1.54, 1.807) is 42.1 Å². The number of imide groups is 1. The van der Waals surface area contributed by atoms with E-state index in [1.165, 1.54) is 0 Å². The van der Waals surface area contributed by atoms with Crippen LogP contribution in [0.3, 0.4) is 0 Å². The number of nitrogens with one attached hydrogen (secondary N) is 1. The van der Waals surface area contributed by atoms with Gasteiger partial charge in [0.2, 0.25) is 0 Å². The number of nitrogen functional groups attached to an aromatic ring is 1. The number of rotatable bonds is 3. The van der Waals surface area contributed by atoms with Crippen LogP contribution in [0.1, 0.15) is 13.0 Å². The number of benzene rings is 1. The fourth-order valence-corrected chi connectivity index (χ4v) is 1.88. The van der Waals surface area contributed by atoms with Crippen LogP contribution in [0, 0.1) is 0 Å². The van der Waals surface area contributed by atoms with Crippen LogP contribution in [0.15, 0.2) is 36.7 Å². The number of carbonyl (C=O) groups excluding carboxylic acids is 2. The van der Waals surface area contributed by atoms with Crippen LogP contribution in [0.5, 0.6) is 0 Å². The first-order valence-electron chi connectivity index (χ1n) is 5.98. The second-order valence-electron chi connectivity index (χ2n) is 4.31. The quantitative estimate of drug-likeness (QED) is 0.720. The monoisotopic (exact) mass is 273 g/mol. The first-order valence-corrected chi connectivity index (χ1v) is 5.98. The summed E-state index contributed by atoms with van der Waals surface area (Å²) in [5.41, 5.74) is 12.1. The molecule has 1 atom stereocenters. The molecule has 20 heavy (non-hydrogen) atoms. The van der Waals surface area contributed by atoms with Crippen LogP contribution in [0.2, 0.25) is 0 Å². The second-order valence-corrected chi connectivity index (χ2v) is 4.31. The maximum Gasteiger partial charge on any atom is 0.318 e. The highest BCUT2D eigenvalue weighted by molar-refractivity contribution is 5.95. The van der Waals surface area contributed by atoms with E-state index in [9.17, 15) is 9.59 Å². The van der Waals surface area contributed by atoms with Crippen LogP contribution in [0.4, 0.5) is 10.5 Å². The summed E-state index contributed by atoms with van der Waals surface area (Å²) in [6.07, 6.45) is 3.23. The van der Waals surface area contributed by atoms with Gasteiger partial charge < -0.3 is 16.0 Å². The SMILES string of the molecule is CC(C(=O)NC(N)=O)n1ccnc1-c1cccc(N)c1. The number of carbonyl (C=O) groups is 2. The molecular weight excluding hydrogens is 258 g/mol. The number of anilines is 1. The largest absolute Gasteiger partial charge is 0.399 e. The summed E-state index contributed by atoms with van der Waals surface area (Å²) < 4.78 is 1.65. The molecule has 7 nitrogen and oxygen atoms in total. The number of aromatic nitrogens is 2. The van der Waals surface area contributed by atoms with Crippen molar-refractivity contribution in [1.29, 1.82) is 0 Å². The molecule has 0 radical (unpaired) electrons. The summed E-state index contributed by atoms with van der Waals surface area (Å²) in [5.74, 6) is 0.0880. The third-order valence-corrected chi connectivity index (χ3v) is 2.86. The molecule has 7 heteroatoms. The first-order chi connectivity index (χ1) is 9.49. The molecular formula is C13H15N5O2. The van der Waals surface area contributed by atoms with E-state index in [0.717, 1.165) is 5.56 Å². The van der Waals surface area contributed by atoms with Crippen LogP contribution in [-0.4, -0.2) is 21.5 Å². The Bertz CT molecular complexity index is 650. The van der Waals surface area contributed by atoms with Gasteiger partial charge in [-0.2, -0.15) is 0 Å². The Hall–Kier alpha value is -2.83. The van der Waals surface area contributed by atoms with Gasteiger partial charge in [-0.25, -0.2) is 9.78 Å². The minimum atomic E-state index is -0.882. The van der Waals surface area contributed by atoms with E-state index in [-0.39, 0.29) is 0 Å². The molecule has 0 saturated heterocycles. The van der Waals surface area contributed by atoms with Gasteiger partial charge >= 0.3 is 6.03 Å². The minimum absolute atomic E-state index is 0.499. The molecule has 0 fully saturated rings. The third-order valence-electron chi connectivity index (χ3n) is 2.86. The van der Waals surface area contributed by atoms with Crippen molar-refractivity contribution in [2.24, 2.45) is 5.73 Å². The van der Waals surface area contributed by atoms with Crippen LogP contribution < -0.4 is 16.8 Å². The van der Waals surface area contributed by atoms with Crippen molar-refractivity contribution in [2.45, 2.75) is 13.0 Å². The highest BCUT2D eigenvalue weighted by Crippen LogP contribution is 2.22. The molecule has 0 aliphatic rings. The van der Waals surface area contributed by atoms with Crippen LogP contribution in [0.25, 0.3) is 11.4 Å². The zero-order valence-electron chi connectivity index (χ0n) is 10.9. The summed E-state index contributed by atoms with van der Waals surface area (Å²) in [5, 5.41) is 2.05. The van der Waals surface area contributed by atoms with Gasteiger partial charge in [0.05, 0.1) is 0 Å². The lowest BCUT2D eigenvalue weighted by molar-refractivity contribution is -0.122. The standard InChI is InChI=1S/C13H15N5O2/c1-8(12(19)17-13(15)20)18-6-5-16-11(18)9-3-2-4-10(14)7-9/h2-8H,14H2,1H3,(H3,15,17,19,20). The smallest absolute Gasteiger partial charge is 0.318 e. The van der Waals surface area contributed by atoms with Crippen molar-refractivity contribution in [3.63, 3.8) is 0 Å². The normalized spacial score (nSPS) is 11.8. The summed E-state index contributed by atoms with van der Waals surface area (Å²) in [7, 11) is 0. The average Bonchev–Trinajstić information content (AvgIpc) is 2.86. The van der Waals surface area contributed by atoms with Crippen molar-refractivity contribution in [1.82, 2.24) is 14.9 Å². The number of nitrogens with zero attached hydrogens (tertiary/aromatic N) is 2. The maximum atomic E-state index is 11.8. The van der Waals surface area contributed by atoms with E-state index in [0.29, 0.717) is 11.5 Å². The average molecular weight is 273 g/mol. The van der Waals surface area contributed by atoms with E-state index in [1.807, 2.05) is 11.4 Å². The Labute approximate surface area is 115 Å². The molecule has 0 bridgehead atoms. The lowest BCUT2D eigenvalue weighted by atomic mass is 10.2. The lowest BCUT2D eigenvalue weighted by Gasteiger charge is -2.15. The number of hydrogen-bond donors (Lipinski definition) is 3. The van der Waals surface area contributed by atoms with Gasteiger partial charge in [0.15, 0.2) is 0 Å². The Morgan fingerprint density at radius 1 is 1.40 bits per heavy atom. The van der Waals surface area contributed by atoms with Crippen molar-refractivity contribution in [3.8, 4) is 11.4 Å². The fraction of sp³-hybridized carbons (Fsp3) is 0.154. The van der Waals surface area contributed by atoms with Gasteiger partial charge in [0, 0.05) is 23.6 Å². The molecule has 5 N–H and O–H groups in total. The zero-order valence-corrected chi connectivity index (χ0v) is 10.9. The molecule has 2 aromatic rings. The number of hydrogen-bond acceptors (Lipinski definition) is 4. The Morgan fingerprint density at radius 2 is 2.15 bits per heavy atom. The third kappa shape index (κ3) is 2.77. The highest BCUT2D eigenvalue weighted by atomic mass is 16.2. The Morgan fingerprint density at radius 3 is 2.80 bits per heavy atom. The molecule has 3 amide bonds. The van der Waals surface area contributed by atoms with Gasteiger partial charge in [0.1, 0.15) is 11.9 Å².